The Morgan fingerprint density at radius 2 is 1.79 bits per heavy atom. The molecule has 0 aliphatic rings. The summed E-state index contributed by atoms with van der Waals surface area (Å²) in [6.45, 7) is 4.05. The van der Waals surface area contributed by atoms with E-state index in [1.165, 1.54) is 0 Å². The number of carbonyl (C=O) groups is 1. The van der Waals surface area contributed by atoms with E-state index in [1.807, 2.05) is 56.3 Å². The molecule has 4 nitrogen and oxygen atoms in total. The van der Waals surface area contributed by atoms with Gasteiger partial charge < -0.3 is 10.3 Å². The third-order valence-corrected chi connectivity index (χ3v) is 3.80. The van der Waals surface area contributed by atoms with Crippen LogP contribution < -0.4 is 5.32 Å². The molecule has 0 aliphatic heterocycles. The molecule has 122 valence electrons. The summed E-state index contributed by atoms with van der Waals surface area (Å²) in [5.41, 5.74) is 5.15. The molecule has 0 saturated carbocycles. The molecular weight excluding hydrogens is 298 g/mol. The Morgan fingerprint density at radius 3 is 2.50 bits per heavy atom. The predicted octanol–water partition coefficient (Wildman–Crippen LogP) is 4.26. The number of aromatic nitrogens is 2. The summed E-state index contributed by atoms with van der Waals surface area (Å²) in [7, 11) is 0. The number of hydrogen-bond donors (Lipinski definition) is 2. The maximum atomic E-state index is 12.1. The predicted molar refractivity (Wildman–Crippen MR) is 96.9 cm³/mol. The third kappa shape index (κ3) is 4.10. The van der Waals surface area contributed by atoms with E-state index >= 15 is 0 Å². The van der Waals surface area contributed by atoms with Crippen LogP contribution in [0.1, 0.15) is 23.2 Å². The van der Waals surface area contributed by atoms with E-state index in [0.29, 0.717) is 12.8 Å². The van der Waals surface area contributed by atoms with Crippen molar-refractivity contribution < 1.29 is 4.79 Å². The second-order valence-electron chi connectivity index (χ2n) is 6.05. The third-order valence-electron chi connectivity index (χ3n) is 3.80. The second-order valence-corrected chi connectivity index (χ2v) is 6.05. The highest BCUT2D eigenvalue weighted by atomic mass is 16.1. The van der Waals surface area contributed by atoms with Crippen molar-refractivity contribution in [1.82, 2.24) is 9.97 Å². The molecule has 2 aromatic carbocycles. The van der Waals surface area contributed by atoms with Gasteiger partial charge in [0.1, 0.15) is 5.82 Å². The lowest BCUT2D eigenvalue weighted by molar-refractivity contribution is -0.116. The molecule has 4 heteroatoms. The molecule has 3 rings (SSSR count). The van der Waals surface area contributed by atoms with E-state index in [4.69, 9.17) is 0 Å². The minimum Gasteiger partial charge on any atom is -0.342 e. The van der Waals surface area contributed by atoms with Gasteiger partial charge in [-0.15, -0.1) is 0 Å². The molecular formula is C20H21N3O. The van der Waals surface area contributed by atoms with Gasteiger partial charge in [-0.3, -0.25) is 4.79 Å². The first-order chi connectivity index (χ1) is 11.6. The summed E-state index contributed by atoms with van der Waals surface area (Å²) in [6.07, 6.45) is 2.85. The fourth-order valence-corrected chi connectivity index (χ4v) is 2.75. The van der Waals surface area contributed by atoms with Crippen molar-refractivity contribution in [2.75, 3.05) is 5.32 Å². The lowest BCUT2D eigenvalue weighted by atomic mass is 10.1. The lowest BCUT2D eigenvalue weighted by Crippen LogP contribution is -2.12. The van der Waals surface area contributed by atoms with Gasteiger partial charge in [0.15, 0.2) is 0 Å². The summed E-state index contributed by atoms with van der Waals surface area (Å²) in [5, 5.41) is 2.96. The maximum absolute atomic E-state index is 12.1. The Kier molecular flexibility index (Phi) is 4.75. The van der Waals surface area contributed by atoms with Crippen LogP contribution in [0.5, 0.6) is 0 Å². The van der Waals surface area contributed by atoms with Gasteiger partial charge in [-0.2, -0.15) is 0 Å². The molecule has 0 atom stereocenters. The van der Waals surface area contributed by atoms with Crippen LogP contribution in [0.4, 0.5) is 5.69 Å². The lowest BCUT2D eigenvalue weighted by Gasteiger charge is -2.07. The van der Waals surface area contributed by atoms with Gasteiger partial charge in [-0.05, 0) is 43.5 Å². The zero-order chi connectivity index (χ0) is 16.9. The molecule has 24 heavy (non-hydrogen) atoms. The van der Waals surface area contributed by atoms with E-state index in [1.54, 1.807) is 6.20 Å². The highest BCUT2D eigenvalue weighted by Gasteiger charge is 2.07. The van der Waals surface area contributed by atoms with Crippen LogP contribution in [-0.2, 0) is 11.2 Å². The molecule has 0 unspecified atom stereocenters. The fraction of sp³-hybridized carbons (Fsp3) is 0.200. The quantitative estimate of drug-likeness (QED) is 0.738. The van der Waals surface area contributed by atoms with Crippen LogP contribution in [0.2, 0.25) is 0 Å². The molecule has 0 spiro atoms. The molecule has 0 saturated heterocycles. The molecule has 0 bridgehead atoms. The topological polar surface area (TPSA) is 57.8 Å². The average Bonchev–Trinajstić information content (AvgIpc) is 3.02. The highest BCUT2D eigenvalue weighted by molar-refractivity contribution is 5.91. The van der Waals surface area contributed by atoms with Crippen molar-refractivity contribution in [2.45, 2.75) is 26.7 Å². The molecule has 1 amide bonds. The minimum atomic E-state index is 0.0101. The van der Waals surface area contributed by atoms with Gasteiger partial charge in [0, 0.05) is 29.6 Å². The monoisotopic (exact) mass is 319 g/mol. The SMILES string of the molecule is Cc1cc(C)cc(NC(=O)CCc2cnc(-c3ccccc3)[nH]2)c1. The van der Waals surface area contributed by atoms with Crippen LogP contribution >= 0.6 is 0 Å². The van der Waals surface area contributed by atoms with E-state index in [2.05, 4.69) is 21.4 Å². The summed E-state index contributed by atoms with van der Waals surface area (Å²) in [4.78, 5) is 19.8. The Morgan fingerprint density at radius 1 is 1.08 bits per heavy atom. The number of anilines is 1. The first kappa shape index (κ1) is 16.0. The summed E-state index contributed by atoms with van der Waals surface area (Å²) in [6, 6.07) is 16.0. The highest BCUT2D eigenvalue weighted by Crippen LogP contribution is 2.16. The Hall–Kier alpha value is -2.88. The van der Waals surface area contributed by atoms with Gasteiger partial charge in [0.25, 0.3) is 0 Å². The smallest absolute Gasteiger partial charge is 0.224 e. The first-order valence-corrected chi connectivity index (χ1v) is 8.07. The maximum Gasteiger partial charge on any atom is 0.224 e. The normalized spacial score (nSPS) is 10.6. The number of hydrogen-bond acceptors (Lipinski definition) is 2. The van der Waals surface area contributed by atoms with E-state index < -0.39 is 0 Å². The molecule has 1 aromatic heterocycles. The van der Waals surface area contributed by atoms with Crippen LogP contribution in [0.3, 0.4) is 0 Å². The fourth-order valence-electron chi connectivity index (χ4n) is 2.75. The van der Waals surface area contributed by atoms with Crippen molar-refractivity contribution in [3.05, 3.63) is 71.5 Å². The summed E-state index contributed by atoms with van der Waals surface area (Å²) in [5.74, 6) is 0.844. The van der Waals surface area contributed by atoms with Crippen molar-refractivity contribution in [1.29, 1.82) is 0 Å². The number of aryl methyl sites for hydroxylation is 3. The van der Waals surface area contributed by atoms with Crippen LogP contribution in [0, 0.1) is 13.8 Å². The molecule has 0 radical (unpaired) electrons. The van der Waals surface area contributed by atoms with Gasteiger partial charge in [0.05, 0.1) is 0 Å². The Bertz CT molecular complexity index is 817. The molecule has 1 heterocycles. The van der Waals surface area contributed by atoms with E-state index in [-0.39, 0.29) is 5.91 Å². The number of nitrogens with one attached hydrogen (secondary N) is 2. The van der Waals surface area contributed by atoms with Crippen molar-refractivity contribution in [3.8, 4) is 11.4 Å². The number of nitrogens with zero attached hydrogens (tertiary/aromatic N) is 1. The van der Waals surface area contributed by atoms with Crippen molar-refractivity contribution >= 4 is 11.6 Å². The number of benzene rings is 2. The van der Waals surface area contributed by atoms with Crippen molar-refractivity contribution in [2.24, 2.45) is 0 Å². The van der Waals surface area contributed by atoms with Crippen LogP contribution in [-0.4, -0.2) is 15.9 Å². The number of carbonyl (C=O) groups excluding carboxylic acids is 1. The van der Waals surface area contributed by atoms with Crippen LogP contribution in [0.25, 0.3) is 11.4 Å². The minimum absolute atomic E-state index is 0.0101. The summed E-state index contributed by atoms with van der Waals surface area (Å²) >= 11 is 0. The zero-order valence-corrected chi connectivity index (χ0v) is 14.0. The number of aromatic amines is 1. The average molecular weight is 319 g/mol. The molecule has 0 fully saturated rings. The van der Waals surface area contributed by atoms with Gasteiger partial charge >= 0.3 is 0 Å². The van der Waals surface area contributed by atoms with E-state index in [0.717, 1.165) is 33.9 Å². The summed E-state index contributed by atoms with van der Waals surface area (Å²) < 4.78 is 0. The number of rotatable bonds is 5. The van der Waals surface area contributed by atoms with Crippen molar-refractivity contribution in [3.63, 3.8) is 0 Å². The second kappa shape index (κ2) is 7.13. The van der Waals surface area contributed by atoms with Gasteiger partial charge in [0.2, 0.25) is 5.91 Å². The van der Waals surface area contributed by atoms with Gasteiger partial charge in [-0.25, -0.2) is 4.98 Å². The molecule has 2 N–H and O–H groups in total. The Labute approximate surface area is 142 Å². The number of imidazole rings is 1. The zero-order valence-electron chi connectivity index (χ0n) is 14.0. The first-order valence-electron chi connectivity index (χ1n) is 8.07. The largest absolute Gasteiger partial charge is 0.342 e. The Balaban J connectivity index is 1.58. The standard InChI is InChI=1S/C20H21N3O/c1-14-10-15(2)12-18(11-14)22-19(24)9-8-17-13-21-20(23-17)16-6-4-3-5-7-16/h3-7,10-13H,8-9H2,1-2H3,(H,21,23)(H,22,24). The van der Waals surface area contributed by atoms with E-state index in [9.17, 15) is 4.79 Å². The molecule has 0 aliphatic carbocycles. The van der Waals surface area contributed by atoms with Gasteiger partial charge in [-0.1, -0.05) is 36.4 Å². The number of H-pyrrole nitrogens is 1. The van der Waals surface area contributed by atoms with Crippen LogP contribution in [0.15, 0.2) is 54.7 Å². The number of amides is 1. The molecule has 3 aromatic rings.